The number of benzene rings is 1. The first kappa shape index (κ1) is 24.1. The normalized spacial score (nSPS) is 14.3. The van der Waals surface area contributed by atoms with Crippen molar-refractivity contribution >= 4 is 40.0 Å². The summed E-state index contributed by atoms with van der Waals surface area (Å²) in [6, 6.07) is 5.74. The number of ether oxygens (including phenoxy) is 1. The number of piperidine rings is 1. The van der Waals surface area contributed by atoms with Gasteiger partial charge in [-0.05, 0) is 49.9 Å². The maximum Gasteiger partial charge on any atom is 0.281 e. The molecule has 0 bridgehead atoms. The molecular formula is C22H25FN6O3S2. The fourth-order valence-electron chi connectivity index (χ4n) is 3.45. The first-order chi connectivity index (χ1) is 16.4. The molecule has 12 heteroatoms. The van der Waals surface area contributed by atoms with Crippen molar-refractivity contribution in [1.29, 1.82) is 0 Å². The predicted octanol–water partition coefficient (Wildman–Crippen LogP) is 3.86. The van der Waals surface area contributed by atoms with Crippen molar-refractivity contribution in [1.82, 2.24) is 24.9 Å². The third kappa shape index (κ3) is 5.92. The molecule has 1 fully saturated rings. The van der Waals surface area contributed by atoms with Gasteiger partial charge in [-0.25, -0.2) is 9.07 Å². The van der Waals surface area contributed by atoms with Crippen LogP contribution in [0.15, 0.2) is 34.8 Å². The van der Waals surface area contributed by atoms with Gasteiger partial charge in [-0.2, -0.15) is 5.10 Å². The van der Waals surface area contributed by atoms with Gasteiger partial charge >= 0.3 is 0 Å². The van der Waals surface area contributed by atoms with Gasteiger partial charge in [0.2, 0.25) is 11.0 Å². The molecule has 3 aromatic rings. The van der Waals surface area contributed by atoms with Crippen LogP contribution in [0.2, 0.25) is 0 Å². The molecule has 0 radical (unpaired) electrons. The van der Waals surface area contributed by atoms with Crippen molar-refractivity contribution in [2.45, 2.75) is 31.0 Å². The van der Waals surface area contributed by atoms with E-state index in [1.807, 2.05) is 4.90 Å². The Balaban J connectivity index is 1.38. The van der Waals surface area contributed by atoms with Gasteiger partial charge in [0.1, 0.15) is 5.82 Å². The van der Waals surface area contributed by atoms with Crippen LogP contribution in [-0.4, -0.2) is 62.1 Å². The summed E-state index contributed by atoms with van der Waals surface area (Å²) in [4.78, 5) is 27.2. The van der Waals surface area contributed by atoms with Crippen LogP contribution < -0.4 is 10.1 Å². The van der Waals surface area contributed by atoms with E-state index in [0.717, 1.165) is 25.9 Å². The molecule has 2 amide bonds. The van der Waals surface area contributed by atoms with Gasteiger partial charge in [0, 0.05) is 13.1 Å². The third-order valence-electron chi connectivity index (χ3n) is 5.37. The second-order valence-corrected chi connectivity index (χ2v) is 10.1. The van der Waals surface area contributed by atoms with Crippen molar-refractivity contribution in [3.63, 3.8) is 0 Å². The lowest BCUT2D eigenvalue weighted by molar-refractivity contribution is -0.129. The summed E-state index contributed by atoms with van der Waals surface area (Å²) in [5, 5.41) is 15.4. The number of thioether (sulfide) groups is 1. The number of amides is 2. The number of carbonyl (C=O) groups is 2. The van der Waals surface area contributed by atoms with Crippen LogP contribution >= 0.6 is 23.1 Å². The van der Waals surface area contributed by atoms with Crippen LogP contribution in [0, 0.1) is 11.7 Å². The Bertz CT molecular complexity index is 1140. The zero-order chi connectivity index (χ0) is 24.1. The maximum atomic E-state index is 13.2. The zero-order valence-corrected chi connectivity index (χ0v) is 20.5. The number of likely N-dealkylation sites (tertiary alicyclic amines) is 1. The SMILES string of the molecule is CCOc1cn(-c2ccc(F)cc2)nc1C(=O)Nc1nnc(SCC(=O)N2CCC(C)CC2)s1. The monoisotopic (exact) mass is 504 g/mol. The van der Waals surface area contributed by atoms with Crippen molar-refractivity contribution in [3.8, 4) is 11.4 Å². The maximum absolute atomic E-state index is 13.2. The highest BCUT2D eigenvalue weighted by molar-refractivity contribution is 8.01. The molecular weight excluding hydrogens is 479 g/mol. The van der Waals surface area contributed by atoms with E-state index in [4.69, 9.17) is 4.74 Å². The zero-order valence-electron chi connectivity index (χ0n) is 18.9. The first-order valence-corrected chi connectivity index (χ1v) is 12.8. The molecule has 180 valence electrons. The number of rotatable bonds is 8. The molecule has 4 rings (SSSR count). The van der Waals surface area contributed by atoms with E-state index in [1.54, 1.807) is 25.3 Å². The van der Waals surface area contributed by atoms with Gasteiger partial charge in [0.15, 0.2) is 15.8 Å². The minimum absolute atomic E-state index is 0.0742. The number of anilines is 1. The molecule has 1 saturated heterocycles. The van der Waals surface area contributed by atoms with E-state index < -0.39 is 5.91 Å². The first-order valence-electron chi connectivity index (χ1n) is 11.0. The van der Waals surface area contributed by atoms with Crippen molar-refractivity contribution in [2.75, 3.05) is 30.8 Å². The molecule has 0 saturated carbocycles. The molecule has 34 heavy (non-hydrogen) atoms. The fourth-order valence-corrected chi connectivity index (χ4v) is 5.10. The second kappa shape index (κ2) is 11.0. The standard InChI is InChI=1S/C22H25FN6O3S2/c1-3-32-17-12-29(16-6-4-15(23)5-7-16)27-19(17)20(31)24-21-25-26-22(34-21)33-13-18(30)28-10-8-14(2)9-11-28/h4-7,12,14H,3,8-11,13H2,1-2H3,(H,24,25,31). The number of hydrogen-bond donors (Lipinski definition) is 1. The van der Waals surface area contributed by atoms with E-state index in [-0.39, 0.29) is 23.2 Å². The number of aromatic nitrogens is 4. The van der Waals surface area contributed by atoms with Crippen molar-refractivity contribution < 1.29 is 18.7 Å². The number of carbonyl (C=O) groups excluding carboxylic acids is 2. The summed E-state index contributed by atoms with van der Waals surface area (Å²) >= 11 is 2.50. The largest absolute Gasteiger partial charge is 0.490 e. The number of nitrogens with zero attached hydrogens (tertiary/aromatic N) is 5. The minimum Gasteiger partial charge on any atom is -0.490 e. The smallest absolute Gasteiger partial charge is 0.281 e. The van der Waals surface area contributed by atoms with Gasteiger partial charge in [-0.15, -0.1) is 10.2 Å². The third-order valence-corrected chi connectivity index (χ3v) is 7.33. The number of hydrogen-bond acceptors (Lipinski definition) is 8. The van der Waals surface area contributed by atoms with Crippen LogP contribution in [0.1, 0.15) is 37.2 Å². The summed E-state index contributed by atoms with van der Waals surface area (Å²) in [5.74, 6) is 0.464. The molecule has 3 heterocycles. The lowest BCUT2D eigenvalue weighted by atomic mass is 9.99. The van der Waals surface area contributed by atoms with E-state index in [1.165, 1.54) is 39.9 Å². The Labute approximate surface area is 204 Å². The highest BCUT2D eigenvalue weighted by Gasteiger charge is 2.22. The molecule has 0 unspecified atom stereocenters. The minimum atomic E-state index is -0.504. The van der Waals surface area contributed by atoms with Gasteiger partial charge < -0.3 is 9.64 Å². The molecule has 0 spiro atoms. The van der Waals surface area contributed by atoms with E-state index >= 15 is 0 Å². The Hall–Kier alpha value is -2.99. The Kier molecular flexibility index (Phi) is 7.78. The highest BCUT2D eigenvalue weighted by atomic mass is 32.2. The lowest BCUT2D eigenvalue weighted by Crippen LogP contribution is -2.38. The lowest BCUT2D eigenvalue weighted by Gasteiger charge is -2.30. The summed E-state index contributed by atoms with van der Waals surface area (Å²) in [7, 11) is 0. The molecule has 1 aliphatic heterocycles. The molecule has 1 aromatic carbocycles. The Morgan fingerprint density at radius 3 is 2.68 bits per heavy atom. The average molecular weight is 505 g/mol. The van der Waals surface area contributed by atoms with Gasteiger partial charge in [0.25, 0.3) is 5.91 Å². The summed E-state index contributed by atoms with van der Waals surface area (Å²) in [5.41, 5.74) is 0.661. The second-order valence-electron chi connectivity index (χ2n) is 7.88. The number of nitrogens with one attached hydrogen (secondary N) is 1. The Morgan fingerprint density at radius 2 is 1.97 bits per heavy atom. The van der Waals surface area contributed by atoms with E-state index in [9.17, 15) is 14.0 Å². The van der Waals surface area contributed by atoms with E-state index in [2.05, 4.69) is 27.5 Å². The Morgan fingerprint density at radius 1 is 1.24 bits per heavy atom. The molecule has 0 aliphatic carbocycles. The molecule has 1 N–H and O–H groups in total. The van der Waals surface area contributed by atoms with Crippen molar-refractivity contribution in [3.05, 3.63) is 42.0 Å². The predicted molar refractivity (Wildman–Crippen MR) is 128 cm³/mol. The van der Waals surface area contributed by atoms with Gasteiger partial charge in [-0.3, -0.25) is 14.9 Å². The van der Waals surface area contributed by atoms with Crippen LogP contribution in [0.4, 0.5) is 9.52 Å². The fraction of sp³-hybridized carbons (Fsp3) is 0.409. The summed E-state index contributed by atoms with van der Waals surface area (Å²) in [6.45, 7) is 5.95. The summed E-state index contributed by atoms with van der Waals surface area (Å²) in [6.07, 6.45) is 3.64. The van der Waals surface area contributed by atoms with Crippen LogP contribution in [0.5, 0.6) is 5.75 Å². The van der Waals surface area contributed by atoms with Crippen molar-refractivity contribution in [2.24, 2.45) is 5.92 Å². The molecule has 1 aliphatic rings. The molecule has 2 aromatic heterocycles. The topological polar surface area (TPSA) is 102 Å². The van der Waals surface area contributed by atoms with E-state index in [0.29, 0.717) is 33.4 Å². The average Bonchev–Trinajstić information content (AvgIpc) is 3.46. The molecule has 0 atom stereocenters. The van der Waals surface area contributed by atoms with Crippen LogP contribution in [0.25, 0.3) is 5.69 Å². The highest BCUT2D eigenvalue weighted by Crippen LogP contribution is 2.28. The van der Waals surface area contributed by atoms with Gasteiger partial charge in [0.05, 0.1) is 24.2 Å². The number of halogens is 1. The van der Waals surface area contributed by atoms with Crippen LogP contribution in [0.3, 0.4) is 0 Å². The quantitative estimate of drug-likeness (QED) is 0.367. The molecule has 9 nitrogen and oxygen atoms in total. The van der Waals surface area contributed by atoms with Crippen LogP contribution in [-0.2, 0) is 4.79 Å². The summed E-state index contributed by atoms with van der Waals surface area (Å²) < 4.78 is 20.8. The van der Waals surface area contributed by atoms with Gasteiger partial charge in [-0.1, -0.05) is 30.0 Å².